The maximum absolute atomic E-state index is 14.0. The highest BCUT2D eigenvalue weighted by molar-refractivity contribution is 5.93. The van der Waals surface area contributed by atoms with Crippen LogP contribution in [0.5, 0.6) is 11.5 Å². The van der Waals surface area contributed by atoms with Crippen LogP contribution in [-0.4, -0.2) is 35.2 Å². The molecule has 0 bridgehead atoms. The highest BCUT2D eigenvalue weighted by Gasteiger charge is 2.61. The normalized spacial score (nSPS) is 32.6. The molecule has 0 saturated heterocycles. The second kappa shape index (κ2) is 14.6. The van der Waals surface area contributed by atoms with Gasteiger partial charge >= 0.3 is 17.9 Å². The molecule has 7 nitrogen and oxygen atoms in total. The van der Waals surface area contributed by atoms with E-state index in [2.05, 4.69) is 53.9 Å². The van der Waals surface area contributed by atoms with Gasteiger partial charge in [-0.2, -0.15) is 0 Å². The molecule has 0 amide bonds. The van der Waals surface area contributed by atoms with Crippen LogP contribution in [0.2, 0.25) is 0 Å². The first kappa shape index (κ1) is 37.1. The molecule has 0 aromatic heterocycles. The number of ether oxygens (including phenoxy) is 3. The summed E-state index contributed by atoms with van der Waals surface area (Å²) in [6.07, 6.45) is 11.9. The highest BCUT2D eigenvalue weighted by Crippen LogP contribution is 2.67. The SMILES string of the molecule is C=C(C)C(=O)Oc1cc(OC(=O)C(=C)C)cc(C(=O)OC2C[C@H](O)CC3=CC[C@H]4[C@@H]5CC[C@H]([C@H](C)CCCC(C)C)[C@@]5(C)CC[C@@H]4[C@]32C)c1. The van der Waals surface area contributed by atoms with Gasteiger partial charge in [-0.3, -0.25) is 0 Å². The van der Waals surface area contributed by atoms with Gasteiger partial charge in [-0.1, -0.05) is 78.7 Å². The van der Waals surface area contributed by atoms with Crippen LogP contribution >= 0.6 is 0 Å². The van der Waals surface area contributed by atoms with Crippen molar-refractivity contribution < 1.29 is 33.7 Å². The van der Waals surface area contributed by atoms with Gasteiger partial charge in [0.1, 0.15) is 17.6 Å². The molecule has 4 aliphatic carbocycles. The van der Waals surface area contributed by atoms with Crippen LogP contribution in [-0.2, 0) is 14.3 Å². The smallest absolute Gasteiger partial charge is 0.338 e. The summed E-state index contributed by atoms with van der Waals surface area (Å²) >= 11 is 0. The molecule has 5 rings (SSSR count). The summed E-state index contributed by atoms with van der Waals surface area (Å²) in [5.41, 5.74) is 1.56. The van der Waals surface area contributed by atoms with E-state index >= 15 is 0 Å². The second-order valence-electron chi connectivity index (χ2n) is 16.7. The Morgan fingerprint density at radius 1 is 0.918 bits per heavy atom. The zero-order valence-corrected chi connectivity index (χ0v) is 30.8. The number of fused-ring (bicyclic) bond motifs is 5. The fourth-order valence-electron chi connectivity index (χ4n) is 10.3. The van der Waals surface area contributed by atoms with Crippen molar-refractivity contribution in [3.8, 4) is 11.5 Å². The van der Waals surface area contributed by atoms with Crippen molar-refractivity contribution in [1.29, 1.82) is 0 Å². The third-order valence-corrected chi connectivity index (χ3v) is 12.8. The molecule has 1 N–H and O–H groups in total. The summed E-state index contributed by atoms with van der Waals surface area (Å²) in [6, 6.07) is 4.20. The molecule has 1 aromatic rings. The number of allylic oxidation sites excluding steroid dienone is 1. The average molecular weight is 675 g/mol. The number of carbonyl (C=O) groups is 3. The highest BCUT2D eigenvalue weighted by atomic mass is 16.6. The first-order valence-corrected chi connectivity index (χ1v) is 18.5. The van der Waals surface area contributed by atoms with Gasteiger partial charge in [0, 0.05) is 29.0 Å². The number of esters is 3. The van der Waals surface area contributed by atoms with Crippen LogP contribution in [0.3, 0.4) is 0 Å². The van der Waals surface area contributed by atoms with Crippen LogP contribution in [0.1, 0.15) is 123 Å². The van der Waals surface area contributed by atoms with Gasteiger partial charge in [0.2, 0.25) is 0 Å². The Balaban J connectivity index is 1.40. The van der Waals surface area contributed by atoms with Crippen molar-refractivity contribution in [3.63, 3.8) is 0 Å². The summed E-state index contributed by atoms with van der Waals surface area (Å²) in [4.78, 5) is 38.7. The van der Waals surface area contributed by atoms with E-state index in [1.54, 1.807) is 0 Å². The number of carbonyl (C=O) groups excluding carboxylic acids is 3. The van der Waals surface area contributed by atoms with Gasteiger partial charge in [0.25, 0.3) is 0 Å². The van der Waals surface area contributed by atoms with Crippen molar-refractivity contribution in [2.24, 2.45) is 46.3 Å². The maximum atomic E-state index is 14.0. The van der Waals surface area contributed by atoms with Gasteiger partial charge in [-0.05, 0) is 105 Å². The van der Waals surface area contributed by atoms with Crippen molar-refractivity contribution in [2.75, 3.05) is 0 Å². The van der Waals surface area contributed by atoms with Crippen molar-refractivity contribution >= 4 is 17.9 Å². The first-order chi connectivity index (χ1) is 23.0. The molecule has 0 heterocycles. The quantitative estimate of drug-likeness (QED) is 0.108. The van der Waals surface area contributed by atoms with Gasteiger partial charge < -0.3 is 19.3 Å². The third-order valence-electron chi connectivity index (χ3n) is 12.8. The van der Waals surface area contributed by atoms with Crippen molar-refractivity contribution in [3.05, 3.63) is 59.7 Å². The lowest BCUT2D eigenvalue weighted by atomic mass is 9.46. The van der Waals surface area contributed by atoms with Gasteiger partial charge in [-0.15, -0.1) is 0 Å². The Hall–Kier alpha value is -3.19. The van der Waals surface area contributed by atoms with E-state index in [1.807, 2.05) is 0 Å². The molecule has 0 radical (unpaired) electrons. The monoisotopic (exact) mass is 674 g/mol. The van der Waals surface area contributed by atoms with Crippen LogP contribution < -0.4 is 9.47 Å². The molecule has 7 heteroatoms. The molecule has 3 fully saturated rings. The number of hydrogen-bond acceptors (Lipinski definition) is 7. The van der Waals surface area contributed by atoms with Crippen LogP contribution in [0.15, 0.2) is 54.2 Å². The van der Waals surface area contributed by atoms with Gasteiger partial charge in [0.15, 0.2) is 0 Å². The maximum Gasteiger partial charge on any atom is 0.338 e. The van der Waals surface area contributed by atoms with Gasteiger partial charge in [0.05, 0.1) is 11.7 Å². The second-order valence-corrected chi connectivity index (χ2v) is 16.7. The van der Waals surface area contributed by atoms with Crippen molar-refractivity contribution in [1.82, 2.24) is 0 Å². The lowest BCUT2D eigenvalue weighted by Crippen LogP contribution is -2.56. The van der Waals surface area contributed by atoms with Crippen LogP contribution in [0.25, 0.3) is 0 Å². The minimum absolute atomic E-state index is 0.0287. The van der Waals surface area contributed by atoms with E-state index < -0.39 is 35.5 Å². The number of rotatable bonds is 11. The molecule has 3 saturated carbocycles. The molecule has 4 aliphatic rings. The predicted molar refractivity (Wildman–Crippen MR) is 191 cm³/mol. The number of aliphatic hydroxyl groups excluding tert-OH is 1. The lowest BCUT2D eigenvalue weighted by Gasteiger charge is -2.60. The Kier molecular flexibility index (Phi) is 11.0. The zero-order valence-electron chi connectivity index (χ0n) is 30.8. The van der Waals surface area contributed by atoms with E-state index in [1.165, 1.54) is 76.1 Å². The number of benzene rings is 1. The average Bonchev–Trinajstić information content (AvgIpc) is 3.38. The molecule has 49 heavy (non-hydrogen) atoms. The summed E-state index contributed by atoms with van der Waals surface area (Å²) in [7, 11) is 0. The fraction of sp³-hybridized carbons (Fsp3) is 0.643. The molecule has 0 spiro atoms. The van der Waals surface area contributed by atoms with Crippen LogP contribution in [0.4, 0.5) is 0 Å². The standard InChI is InChI=1S/C42H58O7/c1-24(2)11-10-12-27(7)34-15-16-35-33-14-13-29-21-30(43)22-37(42(29,9)36(33)17-18-41(34,35)8)49-40(46)28-19-31(47-38(44)25(3)4)23-32(20-28)48-39(45)26(5)6/h13,19-20,23-24,27,30,33-37,43H,3,5,10-12,14-18,21-22H2,1-2,4,6-9H3/t27-,30-,33+,34-,35+,36+,37?,41-,42+/m1/s1. The minimum atomic E-state index is -0.669. The Labute approximate surface area is 293 Å². The largest absolute Gasteiger partial charge is 0.458 e. The van der Waals surface area contributed by atoms with E-state index in [0.29, 0.717) is 36.0 Å². The molecular formula is C42H58O7. The Bertz CT molecular complexity index is 1460. The molecular weight excluding hydrogens is 616 g/mol. The Morgan fingerprint density at radius 3 is 2.14 bits per heavy atom. The summed E-state index contributed by atoms with van der Waals surface area (Å²) in [6.45, 7) is 22.2. The summed E-state index contributed by atoms with van der Waals surface area (Å²) < 4.78 is 17.2. The molecule has 268 valence electrons. The summed E-state index contributed by atoms with van der Waals surface area (Å²) in [5, 5.41) is 11.0. The van der Waals surface area contributed by atoms with E-state index in [0.717, 1.165) is 30.6 Å². The first-order valence-electron chi connectivity index (χ1n) is 18.5. The molecule has 0 aliphatic heterocycles. The predicted octanol–water partition coefficient (Wildman–Crippen LogP) is 9.19. The Morgan fingerprint density at radius 2 is 1.55 bits per heavy atom. The van der Waals surface area contributed by atoms with Crippen molar-refractivity contribution in [2.45, 2.75) is 125 Å². The fourth-order valence-corrected chi connectivity index (χ4v) is 10.3. The summed E-state index contributed by atoms with van der Waals surface area (Å²) in [5.74, 6) is 1.79. The lowest BCUT2D eigenvalue weighted by molar-refractivity contribution is -0.130. The van der Waals surface area contributed by atoms with E-state index in [9.17, 15) is 19.5 Å². The number of aliphatic hydroxyl groups is 1. The topological polar surface area (TPSA) is 99.1 Å². The minimum Gasteiger partial charge on any atom is -0.458 e. The zero-order chi connectivity index (χ0) is 35.8. The van der Waals surface area contributed by atoms with Gasteiger partial charge in [-0.25, -0.2) is 14.4 Å². The van der Waals surface area contributed by atoms with E-state index in [-0.39, 0.29) is 28.2 Å². The van der Waals surface area contributed by atoms with Crippen LogP contribution in [0, 0.1) is 46.3 Å². The molecule has 9 atom stereocenters. The van der Waals surface area contributed by atoms with E-state index in [4.69, 9.17) is 14.2 Å². The number of hydrogen-bond donors (Lipinski definition) is 1. The third kappa shape index (κ3) is 7.48. The molecule has 1 unspecified atom stereocenters. The molecule has 1 aromatic carbocycles.